The van der Waals surface area contributed by atoms with Crippen LogP contribution in [0.5, 0.6) is 0 Å². The molecule has 0 aliphatic carbocycles. The average Bonchev–Trinajstić information content (AvgIpc) is 3.18. The van der Waals surface area contributed by atoms with Gasteiger partial charge in [0.15, 0.2) is 5.65 Å². The normalized spacial score (nSPS) is 14.9. The number of nitrogen functional groups attached to an aromatic ring is 1. The van der Waals surface area contributed by atoms with Gasteiger partial charge in [0.05, 0.1) is 5.69 Å². The van der Waals surface area contributed by atoms with E-state index in [1.165, 1.54) is 5.69 Å². The van der Waals surface area contributed by atoms with Gasteiger partial charge in [0.2, 0.25) is 5.95 Å². The summed E-state index contributed by atoms with van der Waals surface area (Å²) in [6.45, 7) is 4.32. The van der Waals surface area contributed by atoms with E-state index in [2.05, 4.69) is 56.5 Å². The number of benzene rings is 2. The lowest BCUT2D eigenvalue weighted by Gasteiger charge is -2.34. The number of anilines is 4. The van der Waals surface area contributed by atoms with Gasteiger partial charge in [0, 0.05) is 48.8 Å². The number of likely N-dealkylation sites (N-methyl/N-ethyl adjacent to an activating group) is 1. The fraction of sp³-hybridized carbons (Fsp3) is 0.217. The third-order valence-electron chi connectivity index (χ3n) is 5.56. The summed E-state index contributed by atoms with van der Waals surface area (Å²) < 4.78 is 1.85. The van der Waals surface area contributed by atoms with Crippen molar-refractivity contribution in [2.75, 3.05) is 49.2 Å². The second-order valence-electron chi connectivity index (χ2n) is 7.70. The highest BCUT2D eigenvalue weighted by Gasteiger charge is 2.14. The van der Waals surface area contributed by atoms with Gasteiger partial charge in [-0.15, -0.1) is 5.10 Å². The molecule has 0 spiro atoms. The minimum atomic E-state index is 0.574. The highest BCUT2D eigenvalue weighted by atomic mass is 15.4. The molecule has 2 aromatic carbocycles. The maximum absolute atomic E-state index is 5.82. The molecular weight excluding hydrogens is 374 g/mol. The number of nitrogens with two attached hydrogens (primary N) is 1. The first-order valence-corrected chi connectivity index (χ1v) is 10.2. The zero-order chi connectivity index (χ0) is 20.5. The van der Waals surface area contributed by atoms with Crippen molar-refractivity contribution in [3.63, 3.8) is 0 Å². The van der Waals surface area contributed by atoms with Gasteiger partial charge in [-0.1, -0.05) is 18.2 Å². The van der Waals surface area contributed by atoms with Crippen LogP contribution in [0.1, 0.15) is 0 Å². The molecule has 3 N–H and O–H groups in total. The van der Waals surface area contributed by atoms with Gasteiger partial charge >= 0.3 is 0 Å². The molecular formula is C23H25N7. The molecule has 0 amide bonds. The van der Waals surface area contributed by atoms with E-state index in [-0.39, 0.29) is 0 Å². The topological polar surface area (TPSA) is 74.7 Å². The second kappa shape index (κ2) is 7.68. The van der Waals surface area contributed by atoms with E-state index in [0.717, 1.165) is 54.5 Å². The number of piperazine rings is 1. The number of rotatable bonds is 4. The van der Waals surface area contributed by atoms with Crippen molar-refractivity contribution in [3.8, 4) is 11.3 Å². The monoisotopic (exact) mass is 399 g/mol. The summed E-state index contributed by atoms with van der Waals surface area (Å²) in [4.78, 5) is 9.42. The molecule has 0 bridgehead atoms. The Morgan fingerprint density at radius 1 is 0.867 bits per heavy atom. The Balaban J connectivity index is 1.37. The lowest BCUT2D eigenvalue weighted by molar-refractivity contribution is 0.313. The number of pyridine rings is 1. The SMILES string of the molecule is CN1CCN(c2ccc(Nc3nc4cccc(-c5ccc(N)cc5)n4n3)cc2)CC1. The molecule has 1 fully saturated rings. The summed E-state index contributed by atoms with van der Waals surface area (Å²) in [5, 5.41) is 8.00. The maximum atomic E-state index is 5.82. The Morgan fingerprint density at radius 2 is 1.60 bits per heavy atom. The van der Waals surface area contributed by atoms with E-state index < -0.39 is 0 Å². The first-order valence-electron chi connectivity index (χ1n) is 10.2. The Hall–Kier alpha value is -3.58. The van der Waals surface area contributed by atoms with Crippen molar-refractivity contribution in [3.05, 3.63) is 66.7 Å². The molecule has 0 unspecified atom stereocenters. The number of nitrogens with one attached hydrogen (secondary N) is 1. The maximum Gasteiger partial charge on any atom is 0.247 e. The first kappa shape index (κ1) is 18.4. The van der Waals surface area contributed by atoms with Crippen LogP contribution in [-0.2, 0) is 0 Å². The van der Waals surface area contributed by atoms with Crippen LogP contribution >= 0.6 is 0 Å². The van der Waals surface area contributed by atoms with Crippen molar-refractivity contribution in [1.82, 2.24) is 19.5 Å². The quantitative estimate of drug-likeness (QED) is 0.512. The van der Waals surface area contributed by atoms with Crippen LogP contribution in [-0.4, -0.2) is 52.7 Å². The fourth-order valence-corrected chi connectivity index (χ4v) is 3.78. The molecule has 152 valence electrons. The molecule has 5 rings (SSSR count). The van der Waals surface area contributed by atoms with Gasteiger partial charge in [-0.2, -0.15) is 4.98 Å². The Morgan fingerprint density at radius 3 is 2.33 bits per heavy atom. The summed E-state index contributed by atoms with van der Waals surface area (Å²) >= 11 is 0. The molecule has 0 atom stereocenters. The molecule has 0 saturated carbocycles. The summed E-state index contributed by atoms with van der Waals surface area (Å²) in [5.41, 5.74) is 11.6. The van der Waals surface area contributed by atoms with Crippen LogP contribution < -0.4 is 16.0 Å². The molecule has 3 heterocycles. The zero-order valence-electron chi connectivity index (χ0n) is 17.0. The zero-order valence-corrected chi connectivity index (χ0v) is 17.0. The number of nitrogens with zero attached hydrogens (tertiary/aromatic N) is 5. The van der Waals surface area contributed by atoms with Gasteiger partial charge < -0.3 is 20.9 Å². The molecule has 7 nitrogen and oxygen atoms in total. The largest absolute Gasteiger partial charge is 0.399 e. The minimum Gasteiger partial charge on any atom is -0.399 e. The predicted molar refractivity (Wildman–Crippen MR) is 122 cm³/mol. The summed E-state index contributed by atoms with van der Waals surface area (Å²) in [6, 6.07) is 22.2. The number of fused-ring (bicyclic) bond motifs is 1. The van der Waals surface area contributed by atoms with Crippen LogP contribution in [0, 0.1) is 0 Å². The number of hydrogen-bond acceptors (Lipinski definition) is 6. The van der Waals surface area contributed by atoms with Gasteiger partial charge in [0.1, 0.15) is 0 Å². The third kappa shape index (κ3) is 3.67. The van der Waals surface area contributed by atoms with Gasteiger partial charge in [-0.05, 0) is 55.6 Å². The highest BCUT2D eigenvalue weighted by molar-refractivity contribution is 5.66. The second-order valence-corrected chi connectivity index (χ2v) is 7.70. The molecule has 2 aromatic heterocycles. The van der Waals surface area contributed by atoms with E-state index >= 15 is 0 Å². The van der Waals surface area contributed by atoms with Crippen molar-refractivity contribution in [1.29, 1.82) is 0 Å². The Labute approximate surface area is 175 Å². The van der Waals surface area contributed by atoms with E-state index in [4.69, 9.17) is 5.73 Å². The molecule has 1 aliphatic rings. The summed E-state index contributed by atoms with van der Waals surface area (Å²) in [6.07, 6.45) is 0. The average molecular weight is 400 g/mol. The Bertz CT molecular complexity index is 1140. The lowest BCUT2D eigenvalue weighted by Crippen LogP contribution is -2.44. The highest BCUT2D eigenvalue weighted by Crippen LogP contribution is 2.24. The van der Waals surface area contributed by atoms with Crippen LogP contribution in [0.4, 0.5) is 23.0 Å². The molecule has 1 saturated heterocycles. The van der Waals surface area contributed by atoms with Crippen molar-refractivity contribution >= 4 is 28.7 Å². The summed E-state index contributed by atoms with van der Waals surface area (Å²) in [7, 11) is 2.17. The van der Waals surface area contributed by atoms with Gasteiger partial charge in [0.25, 0.3) is 0 Å². The minimum absolute atomic E-state index is 0.574. The first-order chi connectivity index (χ1) is 14.7. The third-order valence-corrected chi connectivity index (χ3v) is 5.56. The Kier molecular flexibility index (Phi) is 4.72. The van der Waals surface area contributed by atoms with Crippen LogP contribution in [0.15, 0.2) is 66.7 Å². The predicted octanol–water partition coefficient (Wildman–Crippen LogP) is 3.47. The van der Waals surface area contributed by atoms with Crippen molar-refractivity contribution < 1.29 is 0 Å². The van der Waals surface area contributed by atoms with Crippen molar-refractivity contribution in [2.24, 2.45) is 0 Å². The van der Waals surface area contributed by atoms with Gasteiger partial charge in [-0.3, -0.25) is 0 Å². The van der Waals surface area contributed by atoms with Crippen molar-refractivity contribution in [2.45, 2.75) is 0 Å². The van der Waals surface area contributed by atoms with Crippen LogP contribution in [0.2, 0.25) is 0 Å². The number of hydrogen-bond donors (Lipinski definition) is 2. The van der Waals surface area contributed by atoms with Crippen LogP contribution in [0.25, 0.3) is 16.9 Å². The smallest absolute Gasteiger partial charge is 0.247 e. The summed E-state index contributed by atoms with van der Waals surface area (Å²) in [5.74, 6) is 0.574. The molecule has 0 radical (unpaired) electrons. The number of aromatic nitrogens is 3. The standard InChI is InChI=1S/C23H25N7/c1-28-13-15-29(16-14-28)20-11-9-19(10-12-20)25-23-26-22-4-2-3-21(30(22)27-23)17-5-7-18(24)8-6-17/h2-12H,13-16,24H2,1H3,(H,25,27). The van der Waals surface area contributed by atoms with E-state index in [1.807, 2.05) is 47.0 Å². The van der Waals surface area contributed by atoms with E-state index in [1.54, 1.807) is 0 Å². The van der Waals surface area contributed by atoms with Gasteiger partial charge in [-0.25, -0.2) is 4.52 Å². The molecule has 4 aromatic rings. The molecule has 7 heteroatoms. The lowest BCUT2D eigenvalue weighted by atomic mass is 10.1. The van der Waals surface area contributed by atoms with Crippen LogP contribution in [0.3, 0.4) is 0 Å². The van der Waals surface area contributed by atoms with E-state index in [9.17, 15) is 0 Å². The van der Waals surface area contributed by atoms with E-state index in [0.29, 0.717) is 5.95 Å². The fourth-order valence-electron chi connectivity index (χ4n) is 3.78. The molecule has 30 heavy (non-hydrogen) atoms. The molecule has 1 aliphatic heterocycles.